The number of nitriles is 1. The van der Waals surface area contributed by atoms with Gasteiger partial charge in [-0.3, -0.25) is 0 Å². The van der Waals surface area contributed by atoms with Gasteiger partial charge in [-0.25, -0.2) is 4.52 Å². The molecule has 0 saturated carbocycles. The second-order valence-corrected chi connectivity index (χ2v) is 9.80. The smallest absolute Gasteiger partial charge is 0.142 e. The number of piperidine rings is 1. The quantitative estimate of drug-likeness (QED) is 0.734. The van der Waals surface area contributed by atoms with E-state index in [0.717, 1.165) is 36.9 Å². The van der Waals surface area contributed by atoms with E-state index in [9.17, 15) is 5.26 Å². The van der Waals surface area contributed by atoms with E-state index in [0.29, 0.717) is 5.69 Å². The molecular weight excluding hydrogens is 400 g/mol. The number of nitrogens with zero attached hydrogens (tertiary/aromatic N) is 6. The van der Waals surface area contributed by atoms with Gasteiger partial charge in [-0.2, -0.15) is 10.4 Å². The maximum absolute atomic E-state index is 9.38. The van der Waals surface area contributed by atoms with Gasteiger partial charge in [0.2, 0.25) is 0 Å². The lowest BCUT2D eigenvalue weighted by Gasteiger charge is -2.42. The number of rotatable bonds is 4. The van der Waals surface area contributed by atoms with Crippen molar-refractivity contribution in [3.8, 4) is 6.07 Å². The molecule has 5 rings (SSSR count). The zero-order chi connectivity index (χ0) is 21.9. The number of aromatic nitrogens is 2. The number of fused-ring (bicyclic) bond motifs is 1. The topological polar surface area (TPSA) is 60.0 Å². The Kier molecular flexibility index (Phi) is 6.63. The Hall–Kier alpha value is -2.14. The molecule has 7 nitrogen and oxygen atoms in total. The summed E-state index contributed by atoms with van der Waals surface area (Å²) < 4.78 is 8.12. The standard InChI is InChI=1S/C25H36N6O/c1-20-17-30(24-7-6-22(16-26)31-25(24)8-11-27-31)19-23(32-20)18-28-14-9-21(10-15-28)29-12-4-2-3-5-13-29/h6-8,11,20-21,23H,2-5,9-10,12-15,17-19H2,1H3/t20-,23+/m1/s1. The lowest BCUT2D eigenvalue weighted by atomic mass is 10.0. The van der Waals surface area contributed by atoms with Gasteiger partial charge in [0, 0.05) is 25.7 Å². The average molecular weight is 437 g/mol. The number of likely N-dealkylation sites (tertiary alicyclic amines) is 2. The molecule has 0 aromatic carbocycles. The molecule has 0 aliphatic carbocycles. The molecule has 3 saturated heterocycles. The van der Waals surface area contributed by atoms with Crippen LogP contribution in [0.1, 0.15) is 51.1 Å². The van der Waals surface area contributed by atoms with Crippen LogP contribution in [-0.4, -0.2) is 83.5 Å². The highest BCUT2D eigenvalue weighted by Gasteiger charge is 2.31. The molecular formula is C25H36N6O. The van der Waals surface area contributed by atoms with Gasteiger partial charge in [0.15, 0.2) is 0 Å². The fraction of sp³-hybridized carbons (Fsp3) is 0.680. The third kappa shape index (κ3) is 4.63. The lowest BCUT2D eigenvalue weighted by Crippen LogP contribution is -2.53. The third-order valence-corrected chi connectivity index (χ3v) is 7.49. The second-order valence-electron chi connectivity index (χ2n) is 9.80. The normalized spacial score (nSPS) is 26.8. The highest BCUT2D eigenvalue weighted by atomic mass is 16.5. The Labute approximate surface area is 191 Å². The molecule has 0 spiro atoms. The fourth-order valence-corrected chi connectivity index (χ4v) is 5.91. The SMILES string of the molecule is C[C@@H]1CN(c2ccc(C#N)n3nccc23)C[C@H](CN2CCC(N3CCCCCC3)CC2)O1. The van der Waals surface area contributed by atoms with E-state index in [4.69, 9.17) is 4.74 Å². The van der Waals surface area contributed by atoms with E-state index in [-0.39, 0.29) is 12.2 Å². The summed E-state index contributed by atoms with van der Waals surface area (Å²) >= 11 is 0. The van der Waals surface area contributed by atoms with Crippen LogP contribution in [0.4, 0.5) is 5.69 Å². The molecule has 0 radical (unpaired) electrons. The van der Waals surface area contributed by atoms with Gasteiger partial charge in [-0.1, -0.05) is 12.8 Å². The van der Waals surface area contributed by atoms with Crippen molar-refractivity contribution in [1.82, 2.24) is 19.4 Å². The van der Waals surface area contributed by atoms with Crippen LogP contribution in [0, 0.1) is 11.3 Å². The van der Waals surface area contributed by atoms with Crippen molar-refractivity contribution in [2.45, 2.75) is 63.7 Å². The van der Waals surface area contributed by atoms with E-state index in [1.165, 1.54) is 64.7 Å². The summed E-state index contributed by atoms with van der Waals surface area (Å²) in [6.45, 7) is 9.87. The predicted molar refractivity (Wildman–Crippen MR) is 126 cm³/mol. The van der Waals surface area contributed by atoms with Crippen molar-refractivity contribution >= 4 is 11.2 Å². The molecule has 2 aromatic heterocycles. The molecule has 0 N–H and O–H groups in total. The zero-order valence-electron chi connectivity index (χ0n) is 19.3. The van der Waals surface area contributed by atoms with Gasteiger partial charge in [0.1, 0.15) is 11.8 Å². The summed E-state index contributed by atoms with van der Waals surface area (Å²) in [4.78, 5) is 7.80. The highest BCUT2D eigenvalue weighted by molar-refractivity contribution is 5.74. The molecule has 172 valence electrons. The van der Waals surface area contributed by atoms with E-state index in [1.807, 2.05) is 12.1 Å². The van der Waals surface area contributed by atoms with E-state index in [1.54, 1.807) is 10.7 Å². The summed E-state index contributed by atoms with van der Waals surface area (Å²) in [7, 11) is 0. The molecule has 2 aromatic rings. The Balaban J connectivity index is 1.21. The molecule has 7 heteroatoms. The van der Waals surface area contributed by atoms with Gasteiger partial charge < -0.3 is 19.4 Å². The van der Waals surface area contributed by atoms with E-state index >= 15 is 0 Å². The minimum atomic E-state index is 0.182. The van der Waals surface area contributed by atoms with Gasteiger partial charge in [-0.05, 0) is 77.0 Å². The largest absolute Gasteiger partial charge is 0.370 e. The first kappa shape index (κ1) is 21.7. The molecule has 3 aliphatic rings. The molecule has 3 aliphatic heterocycles. The third-order valence-electron chi connectivity index (χ3n) is 7.49. The molecule has 5 heterocycles. The first-order chi connectivity index (χ1) is 15.7. The van der Waals surface area contributed by atoms with Crippen LogP contribution in [0.15, 0.2) is 24.4 Å². The fourth-order valence-electron chi connectivity index (χ4n) is 5.91. The second kappa shape index (κ2) is 9.78. The first-order valence-electron chi connectivity index (χ1n) is 12.4. The van der Waals surface area contributed by atoms with Crippen molar-refractivity contribution in [3.05, 3.63) is 30.1 Å². The van der Waals surface area contributed by atoms with Gasteiger partial charge in [0.05, 0.1) is 29.6 Å². The monoisotopic (exact) mass is 436 g/mol. The summed E-state index contributed by atoms with van der Waals surface area (Å²) in [5.41, 5.74) is 2.70. The van der Waals surface area contributed by atoms with Crippen molar-refractivity contribution in [2.24, 2.45) is 0 Å². The molecule has 2 atom stereocenters. The summed E-state index contributed by atoms with van der Waals surface area (Å²) in [5, 5.41) is 13.7. The average Bonchev–Trinajstić information content (AvgIpc) is 3.14. The van der Waals surface area contributed by atoms with E-state index in [2.05, 4.69) is 38.9 Å². The number of hydrogen-bond donors (Lipinski definition) is 0. The predicted octanol–water partition coefficient (Wildman–Crippen LogP) is 3.14. The molecule has 3 fully saturated rings. The zero-order valence-corrected chi connectivity index (χ0v) is 19.3. The lowest BCUT2D eigenvalue weighted by molar-refractivity contribution is -0.0375. The molecule has 0 unspecified atom stereocenters. The van der Waals surface area contributed by atoms with Crippen molar-refractivity contribution < 1.29 is 4.74 Å². The Morgan fingerprint density at radius 3 is 2.56 bits per heavy atom. The first-order valence-corrected chi connectivity index (χ1v) is 12.4. The van der Waals surface area contributed by atoms with Gasteiger partial charge in [0.25, 0.3) is 0 Å². The number of pyridine rings is 1. The van der Waals surface area contributed by atoms with Crippen LogP contribution >= 0.6 is 0 Å². The Bertz CT molecular complexity index is 936. The maximum atomic E-state index is 9.38. The van der Waals surface area contributed by atoms with Gasteiger partial charge in [-0.15, -0.1) is 0 Å². The van der Waals surface area contributed by atoms with E-state index < -0.39 is 0 Å². The van der Waals surface area contributed by atoms with Crippen molar-refractivity contribution in [2.75, 3.05) is 50.7 Å². The Morgan fingerprint density at radius 1 is 1.03 bits per heavy atom. The number of anilines is 1. The Morgan fingerprint density at radius 2 is 1.81 bits per heavy atom. The van der Waals surface area contributed by atoms with Crippen molar-refractivity contribution in [1.29, 1.82) is 5.26 Å². The summed E-state index contributed by atoms with van der Waals surface area (Å²) in [5.74, 6) is 0. The van der Waals surface area contributed by atoms with Crippen LogP contribution in [-0.2, 0) is 4.74 Å². The summed E-state index contributed by atoms with van der Waals surface area (Å²) in [6.07, 6.45) is 10.3. The van der Waals surface area contributed by atoms with Crippen LogP contribution in [0.25, 0.3) is 5.52 Å². The van der Waals surface area contributed by atoms with Crippen LogP contribution in [0.2, 0.25) is 0 Å². The maximum Gasteiger partial charge on any atom is 0.142 e. The van der Waals surface area contributed by atoms with Crippen LogP contribution < -0.4 is 4.90 Å². The minimum absolute atomic E-state index is 0.182. The number of hydrogen-bond acceptors (Lipinski definition) is 6. The van der Waals surface area contributed by atoms with Crippen LogP contribution in [0.5, 0.6) is 0 Å². The minimum Gasteiger partial charge on any atom is -0.370 e. The summed E-state index contributed by atoms with van der Waals surface area (Å²) in [6, 6.07) is 8.95. The molecule has 0 bridgehead atoms. The van der Waals surface area contributed by atoms with Crippen molar-refractivity contribution in [3.63, 3.8) is 0 Å². The van der Waals surface area contributed by atoms with Gasteiger partial charge >= 0.3 is 0 Å². The molecule has 0 amide bonds. The number of morpholine rings is 1. The molecule has 32 heavy (non-hydrogen) atoms. The van der Waals surface area contributed by atoms with Crippen LogP contribution in [0.3, 0.4) is 0 Å². The highest BCUT2D eigenvalue weighted by Crippen LogP contribution is 2.27. The number of ether oxygens (including phenoxy) is 1.